The summed E-state index contributed by atoms with van der Waals surface area (Å²) in [5.41, 5.74) is -2.81. The monoisotopic (exact) mass is 427 g/mol. The smallest absolute Gasteiger partial charge is 0.327 e. The Morgan fingerprint density at radius 1 is 1.18 bits per heavy atom. The van der Waals surface area contributed by atoms with E-state index in [0.29, 0.717) is 0 Å². The molecule has 1 aliphatic rings. The van der Waals surface area contributed by atoms with Crippen molar-refractivity contribution in [2.24, 2.45) is 0 Å². The van der Waals surface area contributed by atoms with Gasteiger partial charge in [-0.3, -0.25) is 18.6 Å². The van der Waals surface area contributed by atoms with Gasteiger partial charge < -0.3 is 14.8 Å². The van der Waals surface area contributed by atoms with E-state index in [9.17, 15) is 33.0 Å². The number of halogens is 1. The summed E-state index contributed by atoms with van der Waals surface area (Å²) >= 11 is 6.11. The molecule has 0 spiro atoms. The molecular weight excluding hydrogens is 414 g/mol. The molecule has 2 N–H and O–H groups in total. The van der Waals surface area contributed by atoms with Crippen LogP contribution < -0.4 is 0 Å². The summed E-state index contributed by atoms with van der Waals surface area (Å²) in [5, 5.41) is 18.8. The summed E-state index contributed by atoms with van der Waals surface area (Å²) in [5.74, 6) is -3.95. The molecule has 1 aromatic heterocycles. The van der Waals surface area contributed by atoms with Gasteiger partial charge in [0.15, 0.2) is 0 Å². The van der Waals surface area contributed by atoms with Crippen molar-refractivity contribution in [2.75, 3.05) is 7.11 Å². The van der Waals surface area contributed by atoms with Crippen LogP contribution in [0.5, 0.6) is 0 Å². The van der Waals surface area contributed by atoms with Gasteiger partial charge >= 0.3 is 11.9 Å². The molecule has 1 aromatic carbocycles. The molecule has 0 atom stereocenters. The number of ketones is 1. The molecule has 0 fully saturated rings. The second kappa shape index (κ2) is 6.73. The van der Waals surface area contributed by atoms with Crippen LogP contribution in [-0.2, 0) is 35.9 Å². The fourth-order valence-electron chi connectivity index (χ4n) is 3.38. The molecule has 3 rings (SSSR count). The van der Waals surface area contributed by atoms with Gasteiger partial charge in [-0.2, -0.15) is 8.42 Å². The van der Waals surface area contributed by atoms with E-state index < -0.39 is 33.3 Å². The van der Waals surface area contributed by atoms with Crippen LogP contribution in [0, 0.1) is 0 Å². The van der Waals surface area contributed by atoms with Crippen LogP contribution in [0.3, 0.4) is 0 Å². The van der Waals surface area contributed by atoms with E-state index in [1.54, 1.807) is 0 Å². The molecule has 0 aliphatic carbocycles. The van der Waals surface area contributed by atoms with Crippen LogP contribution in [-0.4, -0.2) is 48.0 Å². The predicted molar refractivity (Wildman–Crippen MR) is 95.1 cm³/mol. The summed E-state index contributed by atoms with van der Waals surface area (Å²) in [4.78, 5) is 36.1. The zero-order valence-electron chi connectivity index (χ0n) is 14.4. The third-order valence-corrected chi connectivity index (χ3v) is 6.37. The van der Waals surface area contributed by atoms with Crippen molar-refractivity contribution in [3.63, 3.8) is 0 Å². The predicted octanol–water partition coefficient (Wildman–Crippen LogP) is 1.52. The number of fused-ring (bicyclic) bond motifs is 1. The third-order valence-electron chi connectivity index (χ3n) is 4.75. The van der Waals surface area contributed by atoms with Crippen molar-refractivity contribution in [1.29, 1.82) is 0 Å². The molecule has 9 nitrogen and oxygen atoms in total. The molecule has 0 bridgehead atoms. The van der Waals surface area contributed by atoms with Crippen molar-refractivity contribution >= 4 is 39.4 Å². The molecule has 11 heteroatoms. The lowest BCUT2D eigenvalue weighted by molar-refractivity contribution is -0.157. The number of hydrogen-bond donors (Lipinski definition) is 2. The number of nitrogens with zero attached hydrogens (tertiary/aromatic N) is 1. The fraction of sp³-hybridized carbons (Fsp3) is 0.235. The average Bonchev–Trinajstić information content (AvgIpc) is 3.21. The molecule has 0 amide bonds. The van der Waals surface area contributed by atoms with Crippen molar-refractivity contribution in [3.05, 3.63) is 52.3 Å². The molecule has 2 aromatic rings. The first-order chi connectivity index (χ1) is 13.1. The molecule has 2 heterocycles. The second-order valence-corrected chi connectivity index (χ2v) is 8.18. The Kier molecular flexibility index (Phi) is 4.82. The molecule has 0 saturated carbocycles. The topological polar surface area (TPSA) is 140 Å². The van der Waals surface area contributed by atoms with Gasteiger partial charge in [0.05, 0.1) is 23.5 Å². The van der Waals surface area contributed by atoms with Gasteiger partial charge in [-0.25, -0.2) is 0 Å². The summed E-state index contributed by atoms with van der Waals surface area (Å²) in [7, 11) is -3.24. The Hall–Kier alpha value is -2.69. The van der Waals surface area contributed by atoms with E-state index in [2.05, 4.69) is 4.18 Å². The molecule has 28 heavy (non-hydrogen) atoms. The van der Waals surface area contributed by atoms with E-state index in [1.165, 1.54) is 28.8 Å². The van der Waals surface area contributed by atoms with Crippen molar-refractivity contribution in [1.82, 2.24) is 4.57 Å². The Bertz CT molecular complexity index is 1100. The minimum Gasteiger partial charge on any atom is -0.480 e. The standard InChI is InChI=1S/C17H14ClNO8S/c1-27-28(25,26)12-5-3-2-4-9(12)13(20)11-8-10(18)14-17(15(21)22,16(23)24)6-7-19(11)14/h2-5,8H,6-7H2,1H3,(H,21,22)(H,23,24). The largest absolute Gasteiger partial charge is 0.480 e. The zero-order chi connectivity index (χ0) is 20.9. The second-order valence-electron chi connectivity index (χ2n) is 6.09. The first kappa shape index (κ1) is 20.1. The first-order valence-electron chi connectivity index (χ1n) is 7.88. The number of carbonyl (C=O) groups excluding carboxylic acids is 1. The number of benzene rings is 1. The normalized spacial score (nSPS) is 15.2. The highest BCUT2D eigenvalue weighted by Gasteiger charge is 2.55. The number of rotatable bonds is 6. The van der Waals surface area contributed by atoms with Gasteiger partial charge in [0.1, 0.15) is 4.90 Å². The minimum atomic E-state index is -4.19. The van der Waals surface area contributed by atoms with Crippen molar-refractivity contribution in [2.45, 2.75) is 23.3 Å². The van der Waals surface area contributed by atoms with Crippen molar-refractivity contribution < 1.29 is 37.2 Å². The van der Waals surface area contributed by atoms with Gasteiger partial charge in [0.25, 0.3) is 10.1 Å². The summed E-state index contributed by atoms with van der Waals surface area (Å²) in [6, 6.07) is 6.49. The van der Waals surface area contributed by atoms with Crippen LogP contribution in [0.25, 0.3) is 0 Å². The Morgan fingerprint density at radius 3 is 2.36 bits per heavy atom. The highest BCUT2D eigenvalue weighted by Crippen LogP contribution is 2.43. The maximum absolute atomic E-state index is 13.1. The Morgan fingerprint density at radius 2 is 1.79 bits per heavy atom. The molecule has 1 aliphatic heterocycles. The number of aliphatic carboxylic acids is 2. The van der Waals surface area contributed by atoms with Gasteiger partial charge in [0, 0.05) is 12.1 Å². The maximum atomic E-state index is 13.1. The van der Waals surface area contributed by atoms with Gasteiger partial charge in [-0.15, -0.1) is 0 Å². The third kappa shape index (κ3) is 2.72. The number of hydrogen-bond acceptors (Lipinski definition) is 6. The summed E-state index contributed by atoms with van der Waals surface area (Å²) < 4.78 is 29.9. The van der Waals surface area contributed by atoms with Crippen LogP contribution >= 0.6 is 11.6 Å². The molecule has 0 saturated heterocycles. The molecular formula is C17H14ClNO8S. The quantitative estimate of drug-likeness (QED) is 0.401. The minimum absolute atomic E-state index is 0.0824. The molecule has 0 unspecified atom stereocenters. The molecule has 148 valence electrons. The van der Waals surface area contributed by atoms with E-state index >= 15 is 0 Å². The van der Waals surface area contributed by atoms with Gasteiger partial charge in [-0.1, -0.05) is 23.7 Å². The highest BCUT2D eigenvalue weighted by molar-refractivity contribution is 7.86. The summed E-state index contributed by atoms with van der Waals surface area (Å²) in [6.07, 6.45) is -0.300. The average molecular weight is 428 g/mol. The SMILES string of the molecule is COS(=O)(=O)c1ccccc1C(=O)c1cc(Cl)c2n1CCC2(C(=O)O)C(=O)O. The summed E-state index contributed by atoms with van der Waals surface area (Å²) in [6.45, 7) is -0.0824. The first-order valence-corrected chi connectivity index (χ1v) is 9.67. The number of carboxylic acids is 2. The fourth-order valence-corrected chi connectivity index (χ4v) is 4.60. The van der Waals surface area contributed by atoms with Crippen LogP contribution in [0.4, 0.5) is 0 Å². The van der Waals surface area contributed by atoms with Crippen LogP contribution in [0.15, 0.2) is 35.2 Å². The van der Waals surface area contributed by atoms with E-state index in [4.69, 9.17) is 11.6 Å². The van der Waals surface area contributed by atoms with Crippen molar-refractivity contribution in [3.8, 4) is 0 Å². The van der Waals surface area contributed by atoms with Gasteiger partial charge in [0.2, 0.25) is 11.2 Å². The zero-order valence-corrected chi connectivity index (χ0v) is 16.0. The lowest BCUT2D eigenvalue weighted by atomic mass is 9.83. The van der Waals surface area contributed by atoms with Crippen LogP contribution in [0.1, 0.15) is 28.2 Å². The highest BCUT2D eigenvalue weighted by atomic mass is 35.5. The number of carboxylic acid groups (broad SMARTS) is 2. The van der Waals surface area contributed by atoms with E-state index in [1.807, 2.05) is 0 Å². The molecule has 0 radical (unpaired) electrons. The Labute approximate surface area is 164 Å². The lowest BCUT2D eigenvalue weighted by Crippen LogP contribution is -2.42. The van der Waals surface area contributed by atoms with E-state index in [-0.39, 0.29) is 39.8 Å². The van der Waals surface area contributed by atoms with Gasteiger partial charge in [-0.05, 0) is 24.6 Å². The number of aromatic nitrogens is 1. The van der Waals surface area contributed by atoms with Crippen LogP contribution in [0.2, 0.25) is 5.02 Å². The lowest BCUT2D eigenvalue weighted by Gasteiger charge is -2.18. The maximum Gasteiger partial charge on any atom is 0.327 e. The van der Waals surface area contributed by atoms with E-state index in [0.717, 1.165) is 13.2 Å². The Balaban J connectivity index is 2.21. The number of carbonyl (C=O) groups is 3.